The van der Waals surface area contributed by atoms with Gasteiger partial charge in [0.1, 0.15) is 11.7 Å². The molecule has 0 spiro atoms. The topological polar surface area (TPSA) is 77.0 Å². The summed E-state index contributed by atoms with van der Waals surface area (Å²) in [5, 5.41) is 8.20. The number of thiophene rings is 1. The Kier molecular flexibility index (Phi) is 3.26. The molecule has 8 heteroatoms. The predicted octanol–water partition coefficient (Wildman–Crippen LogP) is 2.43. The quantitative estimate of drug-likeness (QED) is 0.737. The summed E-state index contributed by atoms with van der Waals surface area (Å²) in [6.45, 7) is 2.71. The van der Waals surface area contributed by atoms with Crippen LogP contribution in [-0.4, -0.2) is 37.3 Å². The summed E-state index contributed by atoms with van der Waals surface area (Å²) in [6, 6.07) is 5.56. The van der Waals surface area contributed by atoms with Crippen molar-refractivity contribution in [3.05, 3.63) is 40.9 Å². The summed E-state index contributed by atoms with van der Waals surface area (Å²) in [4.78, 5) is 20.8. The van der Waals surface area contributed by atoms with Gasteiger partial charge in [-0.2, -0.15) is 10.1 Å². The molecule has 4 rings (SSSR count). The number of amides is 1. The summed E-state index contributed by atoms with van der Waals surface area (Å²) in [7, 11) is 1.79. The molecule has 0 unspecified atom stereocenters. The maximum Gasteiger partial charge on any atom is 0.275 e. The number of hydrogen-bond acceptors (Lipinski definition) is 6. The first-order valence-electron chi connectivity index (χ1n) is 7.33. The summed E-state index contributed by atoms with van der Waals surface area (Å²) in [5.41, 5.74) is 0.436. The van der Waals surface area contributed by atoms with E-state index in [-0.39, 0.29) is 11.9 Å². The number of carbonyl (C=O) groups excluding carboxylic acids is 1. The van der Waals surface area contributed by atoms with Crippen LogP contribution in [0.1, 0.15) is 33.7 Å². The number of rotatable bonds is 3. The lowest BCUT2D eigenvalue weighted by Crippen LogP contribution is -2.45. The maximum absolute atomic E-state index is 12.5. The summed E-state index contributed by atoms with van der Waals surface area (Å²) in [5.74, 6) is 0.963. The zero-order valence-electron chi connectivity index (χ0n) is 12.8. The highest BCUT2D eigenvalue weighted by atomic mass is 32.1. The Morgan fingerprint density at radius 3 is 2.87 bits per heavy atom. The van der Waals surface area contributed by atoms with Crippen LogP contribution < -0.4 is 0 Å². The van der Waals surface area contributed by atoms with Crippen molar-refractivity contribution >= 4 is 17.2 Å². The van der Waals surface area contributed by atoms with Gasteiger partial charge in [0.2, 0.25) is 11.7 Å². The number of aryl methyl sites for hydroxylation is 2. The van der Waals surface area contributed by atoms with Gasteiger partial charge in [-0.15, -0.1) is 11.3 Å². The van der Waals surface area contributed by atoms with E-state index in [0.29, 0.717) is 24.0 Å². The third-order valence-electron chi connectivity index (χ3n) is 3.90. The van der Waals surface area contributed by atoms with E-state index in [2.05, 4.69) is 15.2 Å². The third-order valence-corrected chi connectivity index (χ3v) is 4.90. The maximum atomic E-state index is 12.5. The molecule has 118 valence electrons. The van der Waals surface area contributed by atoms with Crippen molar-refractivity contribution in [3.8, 4) is 10.7 Å². The SMILES string of the molecule is Cc1ccc(-c2noc([C@H]3CCN3C(=O)c3ccn(C)n3)n2)s1. The van der Waals surface area contributed by atoms with Crippen LogP contribution in [0.15, 0.2) is 28.9 Å². The molecule has 3 aromatic heterocycles. The van der Waals surface area contributed by atoms with Crippen molar-refractivity contribution in [1.82, 2.24) is 24.8 Å². The molecular weight excluding hydrogens is 314 g/mol. The second-order valence-electron chi connectivity index (χ2n) is 5.54. The Labute approximate surface area is 136 Å². The molecule has 1 aliphatic rings. The van der Waals surface area contributed by atoms with E-state index in [1.165, 1.54) is 4.88 Å². The minimum Gasteiger partial charge on any atom is -0.337 e. The van der Waals surface area contributed by atoms with Crippen LogP contribution in [0.3, 0.4) is 0 Å². The van der Waals surface area contributed by atoms with Gasteiger partial charge >= 0.3 is 0 Å². The normalized spacial score (nSPS) is 17.3. The van der Waals surface area contributed by atoms with Crippen molar-refractivity contribution in [2.75, 3.05) is 6.54 Å². The number of carbonyl (C=O) groups is 1. The van der Waals surface area contributed by atoms with E-state index in [1.807, 2.05) is 19.1 Å². The van der Waals surface area contributed by atoms with Gasteiger partial charge in [0, 0.05) is 24.7 Å². The van der Waals surface area contributed by atoms with Crippen LogP contribution >= 0.6 is 11.3 Å². The fourth-order valence-electron chi connectivity index (χ4n) is 2.59. The molecule has 0 N–H and O–H groups in total. The van der Waals surface area contributed by atoms with E-state index < -0.39 is 0 Å². The predicted molar refractivity (Wildman–Crippen MR) is 84.0 cm³/mol. The van der Waals surface area contributed by atoms with Crippen LogP contribution in [-0.2, 0) is 7.05 Å². The number of aromatic nitrogens is 4. The fraction of sp³-hybridized carbons (Fsp3) is 0.333. The van der Waals surface area contributed by atoms with Crippen molar-refractivity contribution in [1.29, 1.82) is 0 Å². The Balaban J connectivity index is 1.54. The first-order valence-corrected chi connectivity index (χ1v) is 8.14. The molecule has 23 heavy (non-hydrogen) atoms. The molecule has 0 saturated carbocycles. The van der Waals surface area contributed by atoms with E-state index in [1.54, 1.807) is 40.2 Å². The molecule has 1 fully saturated rings. The Morgan fingerprint density at radius 2 is 2.26 bits per heavy atom. The molecule has 3 aromatic rings. The van der Waals surface area contributed by atoms with Gasteiger partial charge in [0.05, 0.1) is 4.88 Å². The standard InChI is InChI=1S/C15H15N5O2S/c1-9-3-4-12(23-9)13-16-14(22-18-13)11-6-8-20(11)15(21)10-5-7-19(2)17-10/h3-5,7,11H,6,8H2,1-2H3/t11-/m1/s1. The van der Waals surface area contributed by atoms with Crippen LogP contribution in [0.2, 0.25) is 0 Å². The van der Waals surface area contributed by atoms with E-state index >= 15 is 0 Å². The van der Waals surface area contributed by atoms with E-state index in [0.717, 1.165) is 11.3 Å². The highest BCUT2D eigenvalue weighted by Crippen LogP contribution is 2.35. The second kappa shape index (κ2) is 5.31. The smallest absolute Gasteiger partial charge is 0.275 e. The van der Waals surface area contributed by atoms with Gasteiger partial charge < -0.3 is 9.42 Å². The highest BCUT2D eigenvalue weighted by molar-refractivity contribution is 7.15. The summed E-state index contributed by atoms with van der Waals surface area (Å²) < 4.78 is 7.00. The largest absolute Gasteiger partial charge is 0.337 e. The van der Waals surface area contributed by atoms with Crippen molar-refractivity contribution in [2.45, 2.75) is 19.4 Å². The fourth-order valence-corrected chi connectivity index (χ4v) is 3.38. The lowest BCUT2D eigenvalue weighted by Gasteiger charge is -2.37. The van der Waals surface area contributed by atoms with Crippen LogP contribution in [0.25, 0.3) is 10.7 Å². The molecule has 0 aliphatic carbocycles. The molecule has 4 heterocycles. The molecule has 0 bridgehead atoms. The van der Waals surface area contributed by atoms with E-state index in [4.69, 9.17) is 4.52 Å². The zero-order valence-corrected chi connectivity index (χ0v) is 13.6. The molecule has 0 radical (unpaired) electrons. The van der Waals surface area contributed by atoms with Crippen molar-refractivity contribution < 1.29 is 9.32 Å². The molecule has 0 aromatic carbocycles. The lowest BCUT2D eigenvalue weighted by atomic mass is 10.0. The van der Waals surface area contributed by atoms with Crippen molar-refractivity contribution in [2.24, 2.45) is 7.05 Å². The Bertz CT molecular complexity index is 865. The Hall–Kier alpha value is -2.48. The van der Waals surface area contributed by atoms with Gasteiger partial charge in [0.25, 0.3) is 5.91 Å². The monoisotopic (exact) mass is 329 g/mol. The second-order valence-corrected chi connectivity index (χ2v) is 6.83. The highest BCUT2D eigenvalue weighted by Gasteiger charge is 2.38. The lowest BCUT2D eigenvalue weighted by molar-refractivity contribution is 0.0372. The zero-order chi connectivity index (χ0) is 16.0. The Morgan fingerprint density at radius 1 is 1.39 bits per heavy atom. The first kappa shape index (κ1) is 14.1. The average Bonchev–Trinajstić information content (AvgIpc) is 3.18. The molecule has 1 saturated heterocycles. The molecule has 1 atom stereocenters. The van der Waals surface area contributed by atoms with Crippen LogP contribution in [0.4, 0.5) is 0 Å². The molecule has 7 nitrogen and oxygen atoms in total. The minimum atomic E-state index is -0.160. The number of nitrogens with zero attached hydrogens (tertiary/aromatic N) is 5. The van der Waals surface area contributed by atoms with Crippen LogP contribution in [0.5, 0.6) is 0 Å². The average molecular weight is 329 g/mol. The molecule has 1 aliphatic heterocycles. The number of likely N-dealkylation sites (tertiary alicyclic amines) is 1. The van der Waals surface area contributed by atoms with Gasteiger partial charge in [0.15, 0.2) is 0 Å². The van der Waals surface area contributed by atoms with Crippen LogP contribution in [0, 0.1) is 6.92 Å². The van der Waals surface area contributed by atoms with Gasteiger partial charge in [-0.05, 0) is 31.5 Å². The third kappa shape index (κ3) is 2.44. The van der Waals surface area contributed by atoms with Crippen molar-refractivity contribution in [3.63, 3.8) is 0 Å². The minimum absolute atomic E-state index is 0.103. The summed E-state index contributed by atoms with van der Waals surface area (Å²) >= 11 is 1.62. The summed E-state index contributed by atoms with van der Waals surface area (Å²) in [6.07, 6.45) is 2.58. The van der Waals surface area contributed by atoms with Gasteiger partial charge in [-0.25, -0.2) is 0 Å². The number of hydrogen-bond donors (Lipinski definition) is 0. The van der Waals surface area contributed by atoms with Gasteiger partial charge in [-0.1, -0.05) is 5.16 Å². The van der Waals surface area contributed by atoms with Gasteiger partial charge in [-0.3, -0.25) is 9.48 Å². The molecular formula is C15H15N5O2S. The first-order chi connectivity index (χ1) is 11.1. The van der Waals surface area contributed by atoms with E-state index in [9.17, 15) is 4.79 Å². The molecule has 1 amide bonds.